The minimum atomic E-state index is -0.483. The molecule has 114 valence electrons. The van der Waals surface area contributed by atoms with Crippen molar-refractivity contribution in [3.05, 3.63) is 35.1 Å². The Morgan fingerprint density at radius 3 is 2.71 bits per heavy atom. The molecule has 1 aliphatic rings. The van der Waals surface area contributed by atoms with E-state index in [9.17, 15) is 9.18 Å². The lowest BCUT2D eigenvalue weighted by Crippen LogP contribution is -2.31. The average molecular weight is 293 g/mol. The Labute approximate surface area is 123 Å². The van der Waals surface area contributed by atoms with Crippen LogP contribution in [0.5, 0.6) is 0 Å². The summed E-state index contributed by atoms with van der Waals surface area (Å²) in [6.45, 7) is 0.150. The van der Waals surface area contributed by atoms with E-state index >= 15 is 0 Å². The van der Waals surface area contributed by atoms with E-state index in [1.807, 2.05) is 0 Å². The first-order chi connectivity index (χ1) is 10.1. The fourth-order valence-corrected chi connectivity index (χ4v) is 2.60. The number of oxime groups is 1. The molecule has 5 nitrogen and oxygen atoms in total. The fourth-order valence-electron chi connectivity index (χ4n) is 2.60. The maximum absolute atomic E-state index is 13.9. The van der Waals surface area contributed by atoms with E-state index in [1.54, 1.807) is 6.07 Å². The molecule has 4 N–H and O–H groups in total. The number of nitrogens with zero attached hydrogens (tertiary/aromatic N) is 1. The molecule has 0 unspecified atom stereocenters. The largest absolute Gasteiger partial charge is 0.409 e. The molecule has 6 heteroatoms. The molecule has 1 amide bonds. The Balaban J connectivity index is 1.95. The highest BCUT2D eigenvalue weighted by Gasteiger charge is 2.20. The van der Waals surface area contributed by atoms with Gasteiger partial charge in [0.15, 0.2) is 5.84 Å². The van der Waals surface area contributed by atoms with Crippen molar-refractivity contribution < 1.29 is 14.4 Å². The summed E-state index contributed by atoms with van der Waals surface area (Å²) in [7, 11) is 0. The number of halogens is 1. The van der Waals surface area contributed by atoms with E-state index in [4.69, 9.17) is 10.9 Å². The molecule has 0 bridgehead atoms. The second-order valence-corrected chi connectivity index (χ2v) is 5.34. The van der Waals surface area contributed by atoms with Crippen LogP contribution in [0, 0.1) is 11.7 Å². The Morgan fingerprint density at radius 1 is 1.38 bits per heavy atom. The fraction of sp³-hybridized carbons (Fsp3) is 0.467. The van der Waals surface area contributed by atoms with Crippen molar-refractivity contribution in [1.29, 1.82) is 0 Å². The quantitative estimate of drug-likeness (QED) is 0.344. The maximum Gasteiger partial charge on any atom is 0.223 e. The SMILES string of the molecule is NC(=NO)c1ccc(CNC(=O)C2CCCCC2)c(F)c1. The third-order valence-corrected chi connectivity index (χ3v) is 3.89. The molecule has 2 rings (SSSR count). The van der Waals surface area contributed by atoms with Gasteiger partial charge < -0.3 is 16.3 Å². The zero-order chi connectivity index (χ0) is 15.2. The van der Waals surface area contributed by atoms with E-state index in [-0.39, 0.29) is 24.2 Å². The van der Waals surface area contributed by atoms with Crippen LogP contribution >= 0.6 is 0 Å². The second-order valence-electron chi connectivity index (χ2n) is 5.34. The lowest BCUT2D eigenvalue weighted by Gasteiger charge is -2.20. The molecule has 0 spiro atoms. The van der Waals surface area contributed by atoms with Crippen molar-refractivity contribution in [2.45, 2.75) is 38.6 Å². The van der Waals surface area contributed by atoms with Crippen LogP contribution in [0.4, 0.5) is 4.39 Å². The van der Waals surface area contributed by atoms with Crippen LogP contribution in [-0.4, -0.2) is 17.0 Å². The Kier molecular flexibility index (Phi) is 5.14. The van der Waals surface area contributed by atoms with Gasteiger partial charge in [0.2, 0.25) is 5.91 Å². The lowest BCUT2D eigenvalue weighted by atomic mass is 9.88. The predicted octanol–water partition coefficient (Wildman–Crippen LogP) is 2.12. The number of amides is 1. The van der Waals surface area contributed by atoms with Crippen molar-refractivity contribution in [1.82, 2.24) is 5.32 Å². The third-order valence-electron chi connectivity index (χ3n) is 3.89. The first kappa shape index (κ1) is 15.3. The highest BCUT2D eigenvalue weighted by atomic mass is 19.1. The second kappa shape index (κ2) is 7.06. The van der Waals surface area contributed by atoms with Crippen LogP contribution in [0.2, 0.25) is 0 Å². The summed E-state index contributed by atoms with van der Waals surface area (Å²) in [6.07, 6.45) is 5.18. The molecule has 0 atom stereocenters. The van der Waals surface area contributed by atoms with Crippen molar-refractivity contribution in [2.24, 2.45) is 16.8 Å². The van der Waals surface area contributed by atoms with Gasteiger partial charge in [-0.1, -0.05) is 36.6 Å². The summed E-state index contributed by atoms with van der Waals surface area (Å²) in [4.78, 5) is 12.0. The molecule has 0 saturated heterocycles. The number of rotatable bonds is 4. The van der Waals surface area contributed by atoms with Gasteiger partial charge >= 0.3 is 0 Å². The molecule has 1 aromatic carbocycles. The van der Waals surface area contributed by atoms with Gasteiger partial charge in [-0.05, 0) is 18.9 Å². The van der Waals surface area contributed by atoms with Gasteiger partial charge in [0, 0.05) is 23.6 Å². The Hall–Kier alpha value is -2.11. The molecule has 0 aromatic heterocycles. The predicted molar refractivity (Wildman–Crippen MR) is 77.3 cm³/mol. The summed E-state index contributed by atoms with van der Waals surface area (Å²) in [5.41, 5.74) is 6.08. The molecular weight excluding hydrogens is 273 g/mol. The molecule has 1 aromatic rings. The minimum Gasteiger partial charge on any atom is -0.409 e. The molecule has 1 aliphatic carbocycles. The lowest BCUT2D eigenvalue weighted by molar-refractivity contribution is -0.126. The summed E-state index contributed by atoms with van der Waals surface area (Å²) in [6, 6.07) is 4.28. The van der Waals surface area contributed by atoms with E-state index in [0.29, 0.717) is 11.1 Å². The van der Waals surface area contributed by atoms with Crippen molar-refractivity contribution in [2.75, 3.05) is 0 Å². The molecule has 0 radical (unpaired) electrons. The van der Waals surface area contributed by atoms with Crippen molar-refractivity contribution >= 4 is 11.7 Å². The first-order valence-corrected chi connectivity index (χ1v) is 7.16. The highest BCUT2D eigenvalue weighted by Crippen LogP contribution is 2.23. The van der Waals surface area contributed by atoms with Crippen LogP contribution < -0.4 is 11.1 Å². The van der Waals surface area contributed by atoms with E-state index in [2.05, 4.69) is 10.5 Å². The number of hydrogen-bond acceptors (Lipinski definition) is 3. The van der Waals surface area contributed by atoms with E-state index < -0.39 is 5.82 Å². The normalized spacial score (nSPS) is 16.7. The highest BCUT2D eigenvalue weighted by molar-refractivity contribution is 5.97. The molecule has 1 saturated carbocycles. The number of carbonyl (C=O) groups excluding carboxylic acids is 1. The zero-order valence-electron chi connectivity index (χ0n) is 11.8. The van der Waals surface area contributed by atoms with Gasteiger partial charge in [-0.25, -0.2) is 4.39 Å². The van der Waals surface area contributed by atoms with E-state index in [0.717, 1.165) is 25.7 Å². The average Bonchev–Trinajstić information content (AvgIpc) is 2.53. The van der Waals surface area contributed by atoms with Gasteiger partial charge in [0.25, 0.3) is 0 Å². The van der Waals surface area contributed by atoms with Crippen LogP contribution in [0.3, 0.4) is 0 Å². The summed E-state index contributed by atoms with van der Waals surface area (Å²) in [5, 5.41) is 14.2. The first-order valence-electron chi connectivity index (χ1n) is 7.16. The molecule has 0 aliphatic heterocycles. The third kappa shape index (κ3) is 3.93. The summed E-state index contributed by atoms with van der Waals surface area (Å²) < 4.78 is 13.9. The number of carbonyl (C=O) groups is 1. The van der Waals surface area contributed by atoms with Crippen LogP contribution in [0.25, 0.3) is 0 Å². The smallest absolute Gasteiger partial charge is 0.223 e. The number of hydrogen-bond donors (Lipinski definition) is 3. The van der Waals surface area contributed by atoms with Gasteiger partial charge in [0.05, 0.1) is 0 Å². The van der Waals surface area contributed by atoms with Gasteiger partial charge in [-0.3, -0.25) is 4.79 Å². The number of amidine groups is 1. The van der Waals surface area contributed by atoms with Crippen LogP contribution in [0.1, 0.15) is 43.2 Å². The summed E-state index contributed by atoms with van der Waals surface area (Å²) in [5.74, 6) is -0.581. The van der Waals surface area contributed by atoms with Crippen molar-refractivity contribution in [3.8, 4) is 0 Å². The molecule has 21 heavy (non-hydrogen) atoms. The topological polar surface area (TPSA) is 87.7 Å². The van der Waals surface area contributed by atoms with Gasteiger partial charge in [-0.15, -0.1) is 0 Å². The standard InChI is InChI=1S/C15H20FN3O2/c16-13-8-11(14(17)19-21)6-7-12(13)9-18-15(20)10-4-2-1-3-5-10/h6-8,10,21H,1-5,9H2,(H2,17,19)(H,18,20). The van der Waals surface area contributed by atoms with E-state index in [1.165, 1.54) is 18.6 Å². The Morgan fingerprint density at radius 2 is 2.10 bits per heavy atom. The molecule has 0 heterocycles. The van der Waals surface area contributed by atoms with Gasteiger partial charge in [0.1, 0.15) is 5.82 Å². The van der Waals surface area contributed by atoms with Crippen LogP contribution in [-0.2, 0) is 11.3 Å². The Bertz CT molecular complexity index is 540. The number of benzene rings is 1. The summed E-state index contributed by atoms with van der Waals surface area (Å²) >= 11 is 0. The number of nitrogens with two attached hydrogens (primary N) is 1. The maximum atomic E-state index is 13.9. The monoisotopic (exact) mass is 293 g/mol. The molecule has 1 fully saturated rings. The minimum absolute atomic E-state index is 0.00499. The zero-order valence-corrected chi connectivity index (χ0v) is 11.8. The van der Waals surface area contributed by atoms with Crippen LogP contribution in [0.15, 0.2) is 23.4 Å². The van der Waals surface area contributed by atoms with Crippen molar-refractivity contribution in [3.63, 3.8) is 0 Å². The number of nitrogens with one attached hydrogen (secondary N) is 1. The van der Waals surface area contributed by atoms with Gasteiger partial charge in [-0.2, -0.15) is 0 Å². The molecular formula is C15H20FN3O2.